The van der Waals surface area contributed by atoms with Gasteiger partial charge in [0.25, 0.3) is 0 Å². The molecule has 0 aliphatic rings. The summed E-state index contributed by atoms with van der Waals surface area (Å²) in [6.45, 7) is 4.78. The second kappa shape index (κ2) is 53.4. The second-order valence-electron chi connectivity index (χ2n) is 21.0. The Kier molecular flexibility index (Phi) is 52.0. The molecule has 0 amide bonds. The molecule has 0 aromatic rings. The van der Waals surface area contributed by atoms with Gasteiger partial charge in [0.1, 0.15) is 19.3 Å². The van der Waals surface area contributed by atoms with Gasteiger partial charge in [-0.15, -0.1) is 0 Å². The minimum atomic E-state index is -4.93. The molecular formula is C58H112O17P2. The molecule has 19 heteroatoms. The first-order valence-electron chi connectivity index (χ1n) is 30.8. The molecule has 0 aromatic carbocycles. The monoisotopic (exact) mass is 1140 g/mol. The van der Waals surface area contributed by atoms with Crippen LogP contribution in [0.1, 0.15) is 291 Å². The van der Waals surface area contributed by atoms with Crippen LogP contribution in [0, 0.1) is 0 Å². The number of ether oxygens (including phenoxy) is 4. The molecule has 5 atom stereocenters. The Labute approximate surface area is 467 Å². The fraction of sp³-hybridized carbons (Fsp3) is 0.931. The molecular weight excluding hydrogens is 1030 g/mol. The van der Waals surface area contributed by atoms with Gasteiger partial charge >= 0.3 is 39.5 Å². The van der Waals surface area contributed by atoms with Gasteiger partial charge in [0.05, 0.1) is 26.4 Å². The summed E-state index contributed by atoms with van der Waals surface area (Å²) in [6, 6.07) is 0. The maximum Gasteiger partial charge on any atom is 0.472 e. The minimum Gasteiger partial charge on any atom is -0.462 e. The lowest BCUT2D eigenvalue weighted by molar-refractivity contribution is -0.161. The van der Waals surface area contributed by atoms with Gasteiger partial charge < -0.3 is 33.8 Å². The van der Waals surface area contributed by atoms with E-state index in [1.165, 1.54) is 109 Å². The number of phosphoric ester groups is 2. The summed E-state index contributed by atoms with van der Waals surface area (Å²) in [6.07, 6.45) is 36.2. The number of hydrogen-bond acceptors (Lipinski definition) is 15. The number of aliphatic hydroxyl groups excluding tert-OH is 1. The number of esters is 4. The molecule has 0 rings (SSSR count). The van der Waals surface area contributed by atoms with Crippen molar-refractivity contribution in [2.75, 3.05) is 39.6 Å². The van der Waals surface area contributed by atoms with Crippen LogP contribution in [-0.4, -0.2) is 96.7 Å². The zero-order chi connectivity index (χ0) is 56.9. The van der Waals surface area contributed by atoms with E-state index in [-0.39, 0.29) is 25.7 Å². The molecule has 0 radical (unpaired) electrons. The van der Waals surface area contributed by atoms with Crippen LogP contribution < -0.4 is 0 Å². The van der Waals surface area contributed by atoms with E-state index >= 15 is 0 Å². The third-order valence-corrected chi connectivity index (χ3v) is 15.3. The molecule has 3 N–H and O–H groups in total. The van der Waals surface area contributed by atoms with Crippen molar-refractivity contribution >= 4 is 39.5 Å². The Morgan fingerprint density at radius 2 is 0.519 bits per heavy atom. The lowest BCUT2D eigenvalue weighted by atomic mass is 10.1. The molecule has 77 heavy (non-hydrogen) atoms. The van der Waals surface area contributed by atoms with Gasteiger partial charge in [-0.1, -0.05) is 240 Å². The van der Waals surface area contributed by atoms with Crippen molar-refractivity contribution in [2.24, 2.45) is 0 Å². The molecule has 0 aliphatic carbocycles. The predicted molar refractivity (Wildman–Crippen MR) is 303 cm³/mol. The number of carbonyl (C=O) groups excluding carboxylic acids is 4. The van der Waals surface area contributed by atoms with Crippen molar-refractivity contribution in [3.63, 3.8) is 0 Å². The van der Waals surface area contributed by atoms with Crippen molar-refractivity contribution in [1.29, 1.82) is 0 Å². The van der Waals surface area contributed by atoms with E-state index in [4.69, 9.17) is 37.0 Å². The summed E-state index contributed by atoms with van der Waals surface area (Å²) < 4.78 is 67.6. The third-order valence-electron chi connectivity index (χ3n) is 13.4. The van der Waals surface area contributed by atoms with Crippen LogP contribution in [0.15, 0.2) is 0 Å². The van der Waals surface area contributed by atoms with Crippen LogP contribution in [0.5, 0.6) is 0 Å². The lowest BCUT2D eigenvalue weighted by Gasteiger charge is -2.21. The average molecular weight is 1140 g/mol. The quantitative estimate of drug-likeness (QED) is 0.0222. The number of rotatable bonds is 59. The van der Waals surface area contributed by atoms with Gasteiger partial charge in [-0.25, -0.2) is 9.13 Å². The van der Waals surface area contributed by atoms with E-state index in [2.05, 4.69) is 27.7 Å². The SMILES string of the molecule is CCCCCCCCCCCCCC(=O)OC[C@H](COP(=O)(O)OC[C@@H](O)COP(=O)(O)OC[C@@H](COC(=O)CCCCCCCCC)OC(=O)CCCCCCCCCCCC)OC(=O)CCCCCCCCCCC. The lowest BCUT2D eigenvalue weighted by Crippen LogP contribution is -2.30. The summed E-state index contributed by atoms with van der Waals surface area (Å²) >= 11 is 0. The molecule has 17 nitrogen and oxygen atoms in total. The molecule has 0 aliphatic heterocycles. The molecule has 2 unspecified atom stereocenters. The van der Waals surface area contributed by atoms with Gasteiger partial charge in [-0.05, 0) is 25.7 Å². The summed E-state index contributed by atoms with van der Waals surface area (Å²) in [5, 5.41) is 10.5. The molecule has 0 fully saturated rings. The summed E-state index contributed by atoms with van der Waals surface area (Å²) in [5.41, 5.74) is 0. The highest BCUT2D eigenvalue weighted by Gasteiger charge is 2.30. The highest BCUT2D eigenvalue weighted by molar-refractivity contribution is 7.47. The Morgan fingerprint density at radius 1 is 0.312 bits per heavy atom. The smallest absolute Gasteiger partial charge is 0.462 e. The Hall–Kier alpha value is -1.94. The molecule has 0 saturated carbocycles. The van der Waals surface area contributed by atoms with E-state index in [9.17, 15) is 43.2 Å². The second-order valence-corrected chi connectivity index (χ2v) is 23.9. The topological polar surface area (TPSA) is 237 Å². The van der Waals surface area contributed by atoms with Gasteiger partial charge in [-0.2, -0.15) is 0 Å². The fourth-order valence-corrected chi connectivity index (χ4v) is 10.2. The maximum absolute atomic E-state index is 12.9. The van der Waals surface area contributed by atoms with Crippen LogP contribution in [0.2, 0.25) is 0 Å². The Morgan fingerprint density at radius 3 is 0.766 bits per heavy atom. The van der Waals surface area contributed by atoms with E-state index < -0.39 is 97.5 Å². The standard InChI is InChI=1S/C58H112O17P2/c1-5-9-13-17-21-24-26-29-31-35-39-43-56(61)69-49-54(74-57(62)44-40-36-32-27-23-19-15-11-7-3)51-73-77(66,67)71-47-52(59)46-70-76(64,65)72-50-53(48-68-55(60)42-38-34-30-20-16-12-8-4)75-58(63)45-41-37-33-28-25-22-18-14-10-6-2/h52-54,59H,5-51H2,1-4H3,(H,64,65)(H,66,67)/t52-,53+,54+/m0/s1. The van der Waals surface area contributed by atoms with Gasteiger partial charge in [0, 0.05) is 25.7 Å². The number of unbranched alkanes of at least 4 members (excludes halogenated alkanes) is 33. The normalized spacial score (nSPS) is 14.3. The van der Waals surface area contributed by atoms with E-state index in [0.717, 1.165) is 103 Å². The predicted octanol–water partition coefficient (Wildman–Crippen LogP) is 15.6. The summed E-state index contributed by atoms with van der Waals surface area (Å²) in [7, 11) is -9.86. The average Bonchev–Trinajstić information content (AvgIpc) is 3.40. The van der Waals surface area contributed by atoms with Crippen molar-refractivity contribution in [3.8, 4) is 0 Å². The van der Waals surface area contributed by atoms with Crippen molar-refractivity contribution < 1.29 is 80.2 Å². The Bertz CT molecular complexity index is 1500. The summed E-state index contributed by atoms with van der Waals surface area (Å²) in [4.78, 5) is 71.7. The molecule has 0 aromatic heterocycles. The van der Waals surface area contributed by atoms with Crippen molar-refractivity contribution in [3.05, 3.63) is 0 Å². The molecule has 0 saturated heterocycles. The van der Waals surface area contributed by atoms with E-state index in [1.807, 2.05) is 0 Å². The fourth-order valence-electron chi connectivity index (χ4n) is 8.57. The van der Waals surface area contributed by atoms with Crippen LogP contribution in [-0.2, 0) is 65.4 Å². The molecule has 0 bridgehead atoms. The highest BCUT2D eigenvalue weighted by Crippen LogP contribution is 2.45. The molecule has 0 spiro atoms. The largest absolute Gasteiger partial charge is 0.472 e. The first-order valence-corrected chi connectivity index (χ1v) is 33.8. The molecule has 0 heterocycles. The third kappa shape index (κ3) is 53.2. The van der Waals surface area contributed by atoms with Crippen LogP contribution in [0.3, 0.4) is 0 Å². The van der Waals surface area contributed by atoms with Crippen LogP contribution in [0.25, 0.3) is 0 Å². The molecule has 456 valence electrons. The first kappa shape index (κ1) is 75.1. The van der Waals surface area contributed by atoms with Crippen LogP contribution in [0.4, 0.5) is 0 Å². The Balaban J connectivity index is 5.19. The van der Waals surface area contributed by atoms with Gasteiger partial charge in [0.2, 0.25) is 0 Å². The van der Waals surface area contributed by atoms with E-state index in [0.29, 0.717) is 25.7 Å². The maximum atomic E-state index is 12.9. The van der Waals surface area contributed by atoms with Gasteiger partial charge in [-0.3, -0.25) is 37.3 Å². The van der Waals surface area contributed by atoms with Crippen molar-refractivity contribution in [1.82, 2.24) is 0 Å². The zero-order valence-electron chi connectivity index (χ0n) is 48.9. The zero-order valence-corrected chi connectivity index (χ0v) is 50.7. The first-order chi connectivity index (χ1) is 37.2. The van der Waals surface area contributed by atoms with Crippen molar-refractivity contribution in [2.45, 2.75) is 309 Å². The highest BCUT2D eigenvalue weighted by atomic mass is 31.2. The van der Waals surface area contributed by atoms with Crippen LogP contribution >= 0.6 is 15.6 Å². The number of hydrogen-bond donors (Lipinski definition) is 3. The number of carbonyl (C=O) groups is 4. The van der Waals surface area contributed by atoms with Gasteiger partial charge in [0.15, 0.2) is 12.2 Å². The van der Waals surface area contributed by atoms with E-state index in [1.54, 1.807) is 0 Å². The minimum absolute atomic E-state index is 0.106. The number of aliphatic hydroxyl groups is 1. The summed E-state index contributed by atoms with van der Waals surface area (Å²) in [5.74, 6) is -2.15. The number of phosphoric acid groups is 2.